The van der Waals surface area contributed by atoms with Crippen molar-refractivity contribution in [2.75, 3.05) is 6.54 Å². The third kappa shape index (κ3) is 4.89. The largest absolute Gasteiger partial charge is 0.352 e. The Bertz CT molecular complexity index is 1120. The van der Waals surface area contributed by atoms with Gasteiger partial charge in [0.25, 0.3) is 0 Å². The van der Waals surface area contributed by atoms with Crippen LogP contribution in [0.1, 0.15) is 11.3 Å². The van der Waals surface area contributed by atoms with E-state index < -0.39 is 0 Å². The average molecular weight is 394 g/mol. The molecule has 4 rings (SSSR count). The first-order chi connectivity index (χ1) is 14.8. The first-order valence-corrected chi connectivity index (χ1v) is 9.86. The summed E-state index contributed by atoms with van der Waals surface area (Å²) in [5.41, 5.74) is 4.63. The molecular formula is C25H22N4O. The Balaban J connectivity index is 1.50. The van der Waals surface area contributed by atoms with Crippen molar-refractivity contribution in [2.24, 2.45) is 0 Å². The molecule has 2 heterocycles. The minimum Gasteiger partial charge on any atom is -0.352 e. The predicted octanol–water partition coefficient (Wildman–Crippen LogP) is 4.31. The Kier molecular flexibility index (Phi) is 6.11. The Morgan fingerprint density at radius 1 is 0.933 bits per heavy atom. The zero-order valence-corrected chi connectivity index (χ0v) is 16.5. The lowest BCUT2D eigenvalue weighted by Crippen LogP contribution is -2.23. The summed E-state index contributed by atoms with van der Waals surface area (Å²) in [4.78, 5) is 16.6. The number of amides is 1. The van der Waals surface area contributed by atoms with E-state index in [1.54, 1.807) is 12.3 Å². The van der Waals surface area contributed by atoms with Gasteiger partial charge in [0.05, 0.1) is 11.4 Å². The maximum Gasteiger partial charge on any atom is 0.244 e. The number of hydrogen-bond donors (Lipinski definition) is 1. The normalized spacial score (nSPS) is 10.9. The highest BCUT2D eigenvalue weighted by Crippen LogP contribution is 2.24. The number of benzene rings is 2. The first-order valence-electron chi connectivity index (χ1n) is 9.86. The van der Waals surface area contributed by atoms with Crippen LogP contribution in [0.2, 0.25) is 0 Å². The van der Waals surface area contributed by atoms with Crippen molar-refractivity contribution in [3.8, 4) is 16.9 Å². The Morgan fingerprint density at radius 3 is 2.40 bits per heavy atom. The summed E-state index contributed by atoms with van der Waals surface area (Å²) in [6.07, 6.45) is 7.76. The minimum absolute atomic E-state index is 0.141. The Hall–Kier alpha value is -3.99. The molecule has 0 aliphatic heterocycles. The number of aromatic nitrogens is 3. The predicted molar refractivity (Wildman–Crippen MR) is 119 cm³/mol. The van der Waals surface area contributed by atoms with Gasteiger partial charge in [0.15, 0.2) is 0 Å². The fourth-order valence-electron chi connectivity index (χ4n) is 3.13. The van der Waals surface area contributed by atoms with Crippen LogP contribution in [0.15, 0.2) is 97.3 Å². The fraction of sp³-hybridized carbons (Fsp3) is 0.0800. The van der Waals surface area contributed by atoms with Crippen LogP contribution < -0.4 is 5.32 Å². The van der Waals surface area contributed by atoms with Crippen LogP contribution in [0, 0.1) is 0 Å². The van der Waals surface area contributed by atoms with Crippen molar-refractivity contribution in [2.45, 2.75) is 6.42 Å². The second-order valence-corrected chi connectivity index (χ2v) is 6.77. The van der Waals surface area contributed by atoms with Crippen LogP contribution in [0.5, 0.6) is 0 Å². The van der Waals surface area contributed by atoms with Crippen molar-refractivity contribution in [1.82, 2.24) is 20.1 Å². The molecule has 148 valence electrons. The summed E-state index contributed by atoms with van der Waals surface area (Å²) >= 11 is 0. The van der Waals surface area contributed by atoms with E-state index in [1.165, 1.54) is 0 Å². The van der Waals surface area contributed by atoms with Crippen LogP contribution in [0.4, 0.5) is 0 Å². The van der Waals surface area contributed by atoms with Crippen LogP contribution >= 0.6 is 0 Å². The van der Waals surface area contributed by atoms with Gasteiger partial charge in [0, 0.05) is 48.3 Å². The highest BCUT2D eigenvalue weighted by molar-refractivity contribution is 5.92. The van der Waals surface area contributed by atoms with Crippen LogP contribution in [0.25, 0.3) is 23.0 Å². The number of carbonyl (C=O) groups is 1. The molecule has 0 fully saturated rings. The van der Waals surface area contributed by atoms with E-state index in [-0.39, 0.29) is 5.91 Å². The lowest BCUT2D eigenvalue weighted by Gasteiger charge is -2.02. The summed E-state index contributed by atoms with van der Waals surface area (Å²) < 4.78 is 1.83. The molecule has 0 spiro atoms. The average Bonchev–Trinajstić information content (AvgIpc) is 3.24. The third-order valence-electron chi connectivity index (χ3n) is 4.63. The number of carbonyl (C=O) groups excluding carboxylic acids is 1. The summed E-state index contributed by atoms with van der Waals surface area (Å²) in [6, 6.07) is 25.7. The van der Waals surface area contributed by atoms with Crippen molar-refractivity contribution < 1.29 is 4.79 Å². The van der Waals surface area contributed by atoms with E-state index in [4.69, 9.17) is 5.10 Å². The van der Waals surface area contributed by atoms with Gasteiger partial charge in [-0.1, -0.05) is 54.6 Å². The summed E-state index contributed by atoms with van der Waals surface area (Å²) in [5.74, 6) is -0.141. The summed E-state index contributed by atoms with van der Waals surface area (Å²) in [5, 5.41) is 7.66. The highest BCUT2D eigenvalue weighted by atomic mass is 16.1. The maximum absolute atomic E-state index is 12.3. The number of nitrogens with one attached hydrogen (secondary N) is 1. The Labute approximate surface area is 175 Å². The van der Waals surface area contributed by atoms with Crippen LogP contribution in [0.3, 0.4) is 0 Å². The third-order valence-corrected chi connectivity index (χ3v) is 4.63. The van der Waals surface area contributed by atoms with Gasteiger partial charge in [-0.15, -0.1) is 0 Å². The molecule has 0 aliphatic carbocycles. The number of nitrogens with zero attached hydrogens (tertiary/aromatic N) is 3. The lowest BCUT2D eigenvalue weighted by atomic mass is 10.1. The fourth-order valence-corrected chi connectivity index (χ4v) is 3.13. The molecule has 5 heteroatoms. The van der Waals surface area contributed by atoms with Crippen LogP contribution in [-0.4, -0.2) is 27.2 Å². The molecule has 0 saturated carbocycles. The molecular weight excluding hydrogens is 372 g/mol. The second kappa shape index (κ2) is 9.47. The molecule has 0 atom stereocenters. The number of pyridine rings is 1. The molecule has 2 aromatic heterocycles. The smallest absolute Gasteiger partial charge is 0.244 e. The number of para-hydroxylation sites is 1. The standard InChI is InChI=1S/C25H22N4O/c30-24(27-18-16-22-11-7-8-17-26-22)15-14-21-19-29(23-12-5-2-6-13-23)28-25(21)20-9-3-1-4-10-20/h1-15,17,19H,16,18H2,(H,27,30)/b15-14+. The van der Waals surface area contributed by atoms with Gasteiger partial charge >= 0.3 is 0 Å². The number of rotatable bonds is 7. The SMILES string of the molecule is O=C(/C=C/c1cn(-c2ccccc2)nc1-c1ccccc1)NCCc1ccccn1. The van der Waals surface area contributed by atoms with Crippen LogP contribution in [-0.2, 0) is 11.2 Å². The maximum atomic E-state index is 12.3. The molecule has 0 aliphatic rings. The van der Waals surface area contributed by atoms with Crippen molar-refractivity contribution >= 4 is 12.0 Å². The zero-order chi connectivity index (χ0) is 20.6. The topological polar surface area (TPSA) is 59.8 Å². The molecule has 4 aromatic rings. The summed E-state index contributed by atoms with van der Waals surface area (Å²) in [7, 11) is 0. The molecule has 0 radical (unpaired) electrons. The molecule has 1 amide bonds. The van der Waals surface area contributed by atoms with Gasteiger partial charge in [0.1, 0.15) is 0 Å². The van der Waals surface area contributed by atoms with Crippen molar-refractivity contribution in [3.05, 3.63) is 109 Å². The van der Waals surface area contributed by atoms with E-state index in [9.17, 15) is 4.79 Å². The van der Waals surface area contributed by atoms with Crippen molar-refractivity contribution in [1.29, 1.82) is 0 Å². The molecule has 30 heavy (non-hydrogen) atoms. The van der Waals surface area contributed by atoms with Gasteiger partial charge in [-0.05, 0) is 30.3 Å². The van der Waals surface area contributed by atoms with E-state index in [0.717, 1.165) is 28.2 Å². The molecule has 0 unspecified atom stereocenters. The molecule has 0 bridgehead atoms. The first kappa shape index (κ1) is 19.3. The summed E-state index contributed by atoms with van der Waals surface area (Å²) in [6.45, 7) is 0.537. The van der Waals surface area contributed by atoms with Gasteiger partial charge in [-0.3, -0.25) is 9.78 Å². The quantitative estimate of drug-likeness (QED) is 0.475. The van der Waals surface area contributed by atoms with E-state index in [1.807, 2.05) is 95.8 Å². The van der Waals surface area contributed by atoms with E-state index in [0.29, 0.717) is 13.0 Å². The molecule has 5 nitrogen and oxygen atoms in total. The van der Waals surface area contributed by atoms with Crippen molar-refractivity contribution in [3.63, 3.8) is 0 Å². The van der Waals surface area contributed by atoms with Gasteiger partial charge in [-0.2, -0.15) is 5.10 Å². The molecule has 0 saturated heterocycles. The minimum atomic E-state index is -0.141. The Morgan fingerprint density at radius 2 is 1.67 bits per heavy atom. The van der Waals surface area contributed by atoms with Gasteiger partial charge in [-0.25, -0.2) is 4.68 Å². The number of hydrogen-bond acceptors (Lipinski definition) is 3. The van der Waals surface area contributed by atoms with Gasteiger partial charge < -0.3 is 5.32 Å². The van der Waals surface area contributed by atoms with E-state index >= 15 is 0 Å². The molecule has 1 N–H and O–H groups in total. The van der Waals surface area contributed by atoms with Gasteiger partial charge in [0.2, 0.25) is 5.91 Å². The monoisotopic (exact) mass is 394 g/mol. The van der Waals surface area contributed by atoms with E-state index in [2.05, 4.69) is 10.3 Å². The molecule has 2 aromatic carbocycles. The second-order valence-electron chi connectivity index (χ2n) is 6.77. The zero-order valence-electron chi connectivity index (χ0n) is 16.5. The highest BCUT2D eigenvalue weighted by Gasteiger charge is 2.10. The lowest BCUT2D eigenvalue weighted by molar-refractivity contribution is -0.116.